The third-order valence-electron chi connectivity index (χ3n) is 4.75. The minimum Gasteiger partial charge on any atom is -0.406 e. The molecule has 2 aromatic carbocycles. The molecule has 1 aromatic heterocycles. The van der Waals surface area contributed by atoms with Crippen molar-refractivity contribution in [3.05, 3.63) is 75.5 Å². The zero-order valence-corrected chi connectivity index (χ0v) is 15.8. The number of fused-ring (bicyclic) bond motifs is 1. The Bertz CT molecular complexity index is 1100. The number of nitrogens with one attached hydrogen (secondary N) is 1. The van der Waals surface area contributed by atoms with Crippen molar-refractivity contribution in [3.8, 4) is 5.75 Å². The molecule has 0 bridgehead atoms. The molecule has 1 aliphatic heterocycles. The van der Waals surface area contributed by atoms with Crippen LogP contribution in [0, 0.1) is 12.7 Å². The van der Waals surface area contributed by atoms with Gasteiger partial charge in [-0.1, -0.05) is 12.1 Å². The average molecular weight is 422 g/mol. The number of thiazole rings is 1. The normalized spacial score (nSPS) is 18.4. The van der Waals surface area contributed by atoms with Crippen molar-refractivity contribution in [2.24, 2.45) is 0 Å². The number of hydrogen-bond donors (Lipinski definition) is 1. The predicted octanol–water partition coefficient (Wildman–Crippen LogP) is 4.97. The Morgan fingerprint density at radius 1 is 1.21 bits per heavy atom. The van der Waals surface area contributed by atoms with Crippen molar-refractivity contribution < 1.29 is 27.1 Å². The van der Waals surface area contributed by atoms with Crippen LogP contribution in [0.2, 0.25) is 0 Å². The molecule has 150 valence electrons. The van der Waals surface area contributed by atoms with Crippen LogP contribution in [-0.4, -0.2) is 17.3 Å². The number of halogens is 4. The highest BCUT2D eigenvalue weighted by molar-refractivity contribution is 7.09. The highest BCUT2D eigenvalue weighted by Crippen LogP contribution is 2.47. The van der Waals surface area contributed by atoms with Gasteiger partial charge in [0.25, 0.3) is 0 Å². The van der Waals surface area contributed by atoms with E-state index in [9.17, 15) is 22.4 Å². The number of alkyl halides is 3. The van der Waals surface area contributed by atoms with Crippen LogP contribution in [0.4, 0.5) is 23.2 Å². The lowest BCUT2D eigenvalue weighted by atomic mass is 9.72. The van der Waals surface area contributed by atoms with Crippen LogP contribution >= 0.6 is 11.3 Å². The highest BCUT2D eigenvalue weighted by atomic mass is 32.1. The number of nitrogens with zero attached hydrogens (tertiary/aromatic N) is 1. The van der Waals surface area contributed by atoms with E-state index in [1.54, 1.807) is 18.4 Å². The van der Waals surface area contributed by atoms with Gasteiger partial charge in [0, 0.05) is 17.5 Å². The fourth-order valence-electron chi connectivity index (χ4n) is 3.61. The number of rotatable bonds is 4. The molecule has 1 amide bonds. The summed E-state index contributed by atoms with van der Waals surface area (Å²) in [5.41, 5.74) is 0.0924. The molecule has 0 fully saturated rings. The van der Waals surface area contributed by atoms with Crippen LogP contribution in [0.5, 0.6) is 5.75 Å². The second-order valence-corrected chi connectivity index (χ2v) is 7.72. The molecular formula is C20H14F4N2O2S. The first-order valence-electron chi connectivity index (χ1n) is 8.56. The lowest BCUT2D eigenvalue weighted by molar-refractivity contribution is -0.274. The Balaban J connectivity index is 1.91. The van der Waals surface area contributed by atoms with Crippen LogP contribution < -0.4 is 10.1 Å². The summed E-state index contributed by atoms with van der Waals surface area (Å²) in [7, 11) is 0. The lowest BCUT2D eigenvalue weighted by Gasteiger charge is -2.28. The largest absolute Gasteiger partial charge is 0.573 e. The Morgan fingerprint density at radius 2 is 2.00 bits per heavy atom. The molecule has 0 aliphatic carbocycles. The molecule has 2 heterocycles. The number of carbonyl (C=O) groups is 1. The maximum absolute atomic E-state index is 14.0. The smallest absolute Gasteiger partial charge is 0.406 e. The van der Waals surface area contributed by atoms with Crippen molar-refractivity contribution in [3.63, 3.8) is 0 Å². The summed E-state index contributed by atoms with van der Waals surface area (Å²) < 4.78 is 56.2. The second-order valence-electron chi connectivity index (χ2n) is 6.66. The second kappa shape index (κ2) is 6.84. The third kappa shape index (κ3) is 3.57. The summed E-state index contributed by atoms with van der Waals surface area (Å²) in [6.07, 6.45) is -4.81. The summed E-state index contributed by atoms with van der Waals surface area (Å²) in [6, 6.07) is 9.13. The Morgan fingerprint density at radius 3 is 2.66 bits per heavy atom. The van der Waals surface area contributed by atoms with Crippen LogP contribution in [0.15, 0.2) is 47.8 Å². The summed E-state index contributed by atoms with van der Waals surface area (Å²) in [6.45, 7) is 1.81. The van der Waals surface area contributed by atoms with E-state index in [4.69, 9.17) is 0 Å². The summed E-state index contributed by atoms with van der Waals surface area (Å²) >= 11 is 1.39. The SMILES string of the molecule is Cc1nc(CC2(c3cccc(F)c3)C(=O)Nc3ccc(OC(F)(F)F)cc32)cs1. The maximum Gasteiger partial charge on any atom is 0.573 e. The van der Waals surface area contributed by atoms with Crippen LogP contribution in [0.1, 0.15) is 21.8 Å². The van der Waals surface area contributed by atoms with Gasteiger partial charge in [-0.05, 0) is 48.4 Å². The maximum atomic E-state index is 14.0. The minimum atomic E-state index is -4.88. The number of carbonyl (C=O) groups excluding carboxylic acids is 1. The Labute approximate surface area is 167 Å². The van der Waals surface area contributed by atoms with Crippen LogP contribution in [0.3, 0.4) is 0 Å². The fourth-order valence-corrected chi connectivity index (χ4v) is 4.23. The quantitative estimate of drug-likeness (QED) is 0.604. The number of amides is 1. The molecule has 0 saturated heterocycles. The van der Waals surface area contributed by atoms with E-state index in [-0.39, 0.29) is 12.0 Å². The first-order valence-corrected chi connectivity index (χ1v) is 9.44. The highest BCUT2D eigenvalue weighted by Gasteiger charge is 2.49. The topological polar surface area (TPSA) is 51.2 Å². The number of anilines is 1. The molecule has 3 aromatic rings. The van der Waals surface area contributed by atoms with E-state index in [2.05, 4.69) is 15.0 Å². The van der Waals surface area contributed by atoms with E-state index >= 15 is 0 Å². The molecular weight excluding hydrogens is 408 g/mol. The number of benzene rings is 2. The van der Waals surface area contributed by atoms with Crippen molar-refractivity contribution in [1.29, 1.82) is 0 Å². The van der Waals surface area contributed by atoms with Crippen LogP contribution in [0.25, 0.3) is 0 Å². The molecule has 0 saturated carbocycles. The van der Waals surface area contributed by atoms with Gasteiger partial charge in [-0.3, -0.25) is 4.79 Å². The molecule has 1 unspecified atom stereocenters. The number of aryl methyl sites for hydroxylation is 1. The zero-order valence-electron chi connectivity index (χ0n) is 15.0. The minimum absolute atomic E-state index is 0.0646. The fraction of sp³-hybridized carbons (Fsp3) is 0.200. The van der Waals surface area contributed by atoms with Gasteiger partial charge < -0.3 is 10.1 Å². The van der Waals surface area contributed by atoms with Gasteiger partial charge in [0.2, 0.25) is 5.91 Å². The van der Waals surface area contributed by atoms with Crippen molar-refractivity contribution >= 4 is 22.9 Å². The van der Waals surface area contributed by atoms with Gasteiger partial charge in [0.05, 0.1) is 10.7 Å². The van der Waals surface area contributed by atoms with Crippen LogP contribution in [-0.2, 0) is 16.6 Å². The van der Waals surface area contributed by atoms with Gasteiger partial charge in [0.1, 0.15) is 17.0 Å². The summed E-state index contributed by atoms with van der Waals surface area (Å²) in [5.74, 6) is -1.48. The number of hydrogen-bond acceptors (Lipinski definition) is 4. The van der Waals surface area contributed by atoms with Crippen molar-refractivity contribution in [2.75, 3.05) is 5.32 Å². The average Bonchev–Trinajstić information content (AvgIpc) is 3.15. The molecule has 1 N–H and O–H groups in total. The predicted molar refractivity (Wildman–Crippen MR) is 99.5 cm³/mol. The molecule has 0 radical (unpaired) electrons. The standard InChI is InChI=1S/C20H14F4N2O2S/c1-11-25-14(10-29-11)9-19(12-3-2-4-13(21)7-12)16-8-15(28-20(22,23)24)5-6-17(16)26-18(19)27/h2-8,10H,9H2,1H3,(H,26,27). The zero-order chi connectivity index (χ0) is 20.8. The van der Waals surface area contributed by atoms with E-state index in [1.807, 2.05) is 0 Å². The third-order valence-corrected chi connectivity index (χ3v) is 5.57. The van der Waals surface area contributed by atoms with E-state index in [1.165, 1.54) is 41.7 Å². The Kier molecular flexibility index (Phi) is 4.57. The van der Waals surface area contributed by atoms with E-state index in [0.29, 0.717) is 16.9 Å². The lowest BCUT2D eigenvalue weighted by Crippen LogP contribution is -2.38. The first-order chi connectivity index (χ1) is 13.7. The number of ether oxygens (including phenoxy) is 1. The molecule has 29 heavy (non-hydrogen) atoms. The molecule has 9 heteroatoms. The summed E-state index contributed by atoms with van der Waals surface area (Å²) in [5, 5.41) is 5.26. The van der Waals surface area contributed by atoms with E-state index < -0.39 is 29.3 Å². The van der Waals surface area contributed by atoms with Gasteiger partial charge >= 0.3 is 6.36 Å². The molecule has 4 nitrogen and oxygen atoms in total. The van der Waals surface area contributed by atoms with Crippen molar-refractivity contribution in [2.45, 2.75) is 25.1 Å². The van der Waals surface area contributed by atoms with Crippen molar-refractivity contribution in [1.82, 2.24) is 4.98 Å². The van der Waals surface area contributed by atoms with Gasteiger partial charge in [0.15, 0.2) is 0 Å². The van der Waals surface area contributed by atoms with Gasteiger partial charge in [-0.25, -0.2) is 9.37 Å². The van der Waals surface area contributed by atoms with Gasteiger partial charge in [-0.15, -0.1) is 24.5 Å². The first kappa shape index (κ1) is 19.4. The van der Waals surface area contributed by atoms with E-state index in [0.717, 1.165) is 11.1 Å². The van der Waals surface area contributed by atoms with Gasteiger partial charge in [-0.2, -0.15) is 0 Å². The molecule has 1 aliphatic rings. The molecule has 1 atom stereocenters. The summed E-state index contributed by atoms with van der Waals surface area (Å²) in [4.78, 5) is 17.5. The molecule has 4 rings (SSSR count). The molecule has 0 spiro atoms. The number of aromatic nitrogens is 1. The Hall–Kier alpha value is -2.94. The monoisotopic (exact) mass is 422 g/mol.